The van der Waals surface area contributed by atoms with Gasteiger partial charge in [-0.25, -0.2) is 0 Å². The molecule has 0 aromatic carbocycles. The minimum absolute atomic E-state index is 0.681. The maximum absolute atomic E-state index is 5.32. The summed E-state index contributed by atoms with van der Waals surface area (Å²) in [5.74, 6) is 2.73. The molecule has 1 rings (SSSR count). The molecule has 0 radical (unpaired) electrons. The largest absolute Gasteiger partial charge is 0.315 e. The van der Waals surface area contributed by atoms with Gasteiger partial charge in [-0.2, -0.15) is 0 Å². The molecule has 0 aromatic rings. The van der Waals surface area contributed by atoms with Gasteiger partial charge in [-0.15, -0.1) is 6.42 Å². The summed E-state index contributed by atoms with van der Waals surface area (Å²) >= 11 is 0. The second-order valence-electron chi connectivity index (χ2n) is 3.32. The van der Waals surface area contributed by atoms with Crippen molar-refractivity contribution in [3.63, 3.8) is 0 Å². The van der Waals surface area contributed by atoms with Crippen LogP contribution in [-0.4, -0.2) is 37.1 Å². The molecule has 1 atom stereocenters. The minimum Gasteiger partial charge on any atom is -0.315 e. The molecule has 68 valence electrons. The van der Waals surface area contributed by atoms with Gasteiger partial charge in [0.05, 0.1) is 6.54 Å². The summed E-state index contributed by atoms with van der Waals surface area (Å²) in [6.07, 6.45) is 7.76. The average molecular weight is 166 g/mol. The summed E-state index contributed by atoms with van der Waals surface area (Å²) in [5.41, 5.74) is 0. The van der Waals surface area contributed by atoms with E-state index in [0.29, 0.717) is 6.04 Å². The van der Waals surface area contributed by atoms with Gasteiger partial charge in [0.15, 0.2) is 0 Å². The van der Waals surface area contributed by atoms with E-state index in [4.69, 9.17) is 6.42 Å². The highest BCUT2D eigenvalue weighted by atomic mass is 15.2. The van der Waals surface area contributed by atoms with Gasteiger partial charge in [-0.05, 0) is 25.9 Å². The zero-order chi connectivity index (χ0) is 8.81. The van der Waals surface area contributed by atoms with E-state index in [2.05, 4.69) is 23.1 Å². The first-order chi connectivity index (χ1) is 5.88. The number of terminal acetylenes is 1. The van der Waals surface area contributed by atoms with Gasteiger partial charge in [-0.3, -0.25) is 4.90 Å². The average Bonchev–Trinajstić information content (AvgIpc) is 2.56. The molecule has 1 fully saturated rings. The van der Waals surface area contributed by atoms with Gasteiger partial charge < -0.3 is 5.32 Å². The maximum Gasteiger partial charge on any atom is 0.0601 e. The topological polar surface area (TPSA) is 15.3 Å². The number of hydrogen-bond donors (Lipinski definition) is 1. The second kappa shape index (κ2) is 5.18. The van der Waals surface area contributed by atoms with Crippen molar-refractivity contribution in [2.75, 3.05) is 26.2 Å². The summed E-state index contributed by atoms with van der Waals surface area (Å²) in [7, 11) is 0. The highest BCUT2D eigenvalue weighted by Gasteiger charge is 2.20. The number of nitrogens with zero attached hydrogens (tertiary/aromatic N) is 1. The molecular weight excluding hydrogens is 148 g/mol. The Balaban J connectivity index is 2.35. The molecule has 2 heteroatoms. The normalized spacial score (nSPS) is 22.9. The van der Waals surface area contributed by atoms with Gasteiger partial charge in [0.25, 0.3) is 0 Å². The van der Waals surface area contributed by atoms with Crippen LogP contribution in [0.5, 0.6) is 0 Å². The van der Waals surface area contributed by atoms with E-state index < -0.39 is 0 Å². The second-order valence-corrected chi connectivity index (χ2v) is 3.32. The van der Waals surface area contributed by atoms with E-state index in [0.717, 1.165) is 26.2 Å². The monoisotopic (exact) mass is 166 g/mol. The molecule has 1 heterocycles. The fourth-order valence-corrected chi connectivity index (χ4v) is 1.75. The van der Waals surface area contributed by atoms with Crippen LogP contribution in [0.1, 0.15) is 19.8 Å². The Morgan fingerprint density at radius 3 is 3.00 bits per heavy atom. The Bertz CT molecular complexity index is 154. The van der Waals surface area contributed by atoms with E-state index >= 15 is 0 Å². The lowest BCUT2D eigenvalue weighted by molar-refractivity contribution is 0.235. The molecule has 0 bridgehead atoms. The molecule has 1 unspecified atom stereocenters. The Labute approximate surface area is 75.3 Å². The lowest BCUT2D eigenvalue weighted by Crippen LogP contribution is -2.37. The van der Waals surface area contributed by atoms with E-state index in [1.807, 2.05) is 0 Å². The van der Waals surface area contributed by atoms with Crippen LogP contribution in [0.4, 0.5) is 0 Å². The summed E-state index contributed by atoms with van der Waals surface area (Å²) in [5, 5.41) is 3.36. The van der Waals surface area contributed by atoms with Crippen LogP contribution in [0.15, 0.2) is 0 Å². The minimum atomic E-state index is 0.681. The van der Waals surface area contributed by atoms with Crippen molar-refractivity contribution >= 4 is 0 Å². The van der Waals surface area contributed by atoms with Crippen LogP contribution in [0.25, 0.3) is 0 Å². The van der Waals surface area contributed by atoms with E-state index in [-0.39, 0.29) is 0 Å². The highest BCUT2D eigenvalue weighted by molar-refractivity contribution is 4.92. The number of hydrogen-bond acceptors (Lipinski definition) is 2. The van der Waals surface area contributed by atoms with Crippen molar-refractivity contribution < 1.29 is 0 Å². The highest BCUT2D eigenvalue weighted by Crippen LogP contribution is 2.07. The Morgan fingerprint density at radius 1 is 1.67 bits per heavy atom. The van der Waals surface area contributed by atoms with E-state index in [9.17, 15) is 0 Å². The molecule has 1 aliphatic rings. The van der Waals surface area contributed by atoms with Gasteiger partial charge in [-0.1, -0.05) is 12.8 Å². The fourth-order valence-electron chi connectivity index (χ4n) is 1.75. The fraction of sp³-hybridized carbons (Fsp3) is 0.800. The molecule has 0 spiro atoms. The third-order valence-corrected chi connectivity index (χ3v) is 2.36. The molecule has 0 aromatic heterocycles. The van der Waals surface area contributed by atoms with E-state index in [1.165, 1.54) is 12.8 Å². The van der Waals surface area contributed by atoms with Crippen LogP contribution >= 0.6 is 0 Å². The summed E-state index contributed by atoms with van der Waals surface area (Å²) in [6.45, 7) is 6.40. The van der Waals surface area contributed by atoms with Gasteiger partial charge in [0.2, 0.25) is 0 Å². The molecule has 0 aliphatic carbocycles. The summed E-state index contributed by atoms with van der Waals surface area (Å²) < 4.78 is 0. The van der Waals surface area contributed by atoms with Crippen LogP contribution in [-0.2, 0) is 0 Å². The van der Waals surface area contributed by atoms with Crippen molar-refractivity contribution in [1.29, 1.82) is 0 Å². The smallest absolute Gasteiger partial charge is 0.0601 e. The third kappa shape index (κ3) is 2.51. The number of nitrogens with one attached hydrogen (secondary N) is 1. The van der Waals surface area contributed by atoms with Crippen LogP contribution in [0.2, 0.25) is 0 Å². The third-order valence-electron chi connectivity index (χ3n) is 2.36. The lowest BCUT2D eigenvalue weighted by Gasteiger charge is -2.25. The van der Waals surface area contributed by atoms with Crippen molar-refractivity contribution in [3.8, 4) is 12.3 Å². The molecule has 0 saturated carbocycles. The Hall–Kier alpha value is -0.520. The molecule has 1 N–H and O–H groups in total. The van der Waals surface area contributed by atoms with Gasteiger partial charge in [0, 0.05) is 12.6 Å². The first kappa shape index (κ1) is 9.57. The maximum atomic E-state index is 5.32. The number of rotatable bonds is 4. The molecule has 1 aliphatic heterocycles. The van der Waals surface area contributed by atoms with Gasteiger partial charge in [0.1, 0.15) is 0 Å². The van der Waals surface area contributed by atoms with Crippen LogP contribution < -0.4 is 5.32 Å². The van der Waals surface area contributed by atoms with Crippen LogP contribution in [0.3, 0.4) is 0 Å². The lowest BCUT2D eigenvalue weighted by atomic mass is 10.2. The standard InChI is InChI=1S/C10H18N2/c1-3-7-12(8-4-2)10-5-6-11-9-10/h1,10-11H,4-9H2,2H3. The van der Waals surface area contributed by atoms with Crippen molar-refractivity contribution in [1.82, 2.24) is 10.2 Å². The van der Waals surface area contributed by atoms with Crippen molar-refractivity contribution in [3.05, 3.63) is 0 Å². The summed E-state index contributed by atoms with van der Waals surface area (Å²) in [4.78, 5) is 2.40. The van der Waals surface area contributed by atoms with Crippen LogP contribution in [0, 0.1) is 12.3 Å². The SMILES string of the molecule is C#CCN(CCC)C1CCNC1. The molecule has 12 heavy (non-hydrogen) atoms. The van der Waals surface area contributed by atoms with Crippen molar-refractivity contribution in [2.45, 2.75) is 25.8 Å². The molecular formula is C10H18N2. The molecule has 1 saturated heterocycles. The predicted octanol–water partition coefficient (Wildman–Crippen LogP) is 0.694. The summed E-state index contributed by atoms with van der Waals surface area (Å²) in [6, 6.07) is 0.681. The predicted molar refractivity (Wildman–Crippen MR) is 52.0 cm³/mol. The zero-order valence-corrected chi connectivity index (χ0v) is 7.84. The quantitative estimate of drug-likeness (QED) is 0.618. The first-order valence-corrected chi connectivity index (χ1v) is 4.76. The van der Waals surface area contributed by atoms with E-state index in [1.54, 1.807) is 0 Å². The zero-order valence-electron chi connectivity index (χ0n) is 7.84. The van der Waals surface area contributed by atoms with Crippen molar-refractivity contribution in [2.24, 2.45) is 0 Å². The Morgan fingerprint density at radius 2 is 2.50 bits per heavy atom. The molecule has 0 amide bonds. The molecule has 2 nitrogen and oxygen atoms in total. The Kier molecular flexibility index (Phi) is 4.13. The van der Waals surface area contributed by atoms with Gasteiger partial charge >= 0.3 is 0 Å². The first-order valence-electron chi connectivity index (χ1n) is 4.76.